The Morgan fingerprint density at radius 1 is 0.860 bits per heavy atom. The second-order valence-electron chi connectivity index (χ2n) is 11.0. The first-order chi connectivity index (χ1) is 21.1. The van der Waals surface area contributed by atoms with Gasteiger partial charge in [-0.3, -0.25) is 4.79 Å². The van der Waals surface area contributed by atoms with Gasteiger partial charge in [-0.15, -0.1) is 25.7 Å². The van der Waals surface area contributed by atoms with Crippen molar-refractivity contribution in [3.63, 3.8) is 0 Å². The van der Waals surface area contributed by atoms with Gasteiger partial charge in [0.05, 0.1) is 38.1 Å². The van der Waals surface area contributed by atoms with Gasteiger partial charge in [0.2, 0.25) is 5.91 Å². The topological polar surface area (TPSA) is 55.4 Å². The number of nitrogens with two attached hydrogens (primary N) is 1. The third-order valence-corrected chi connectivity index (χ3v) is 8.22. The lowest BCUT2D eigenvalue weighted by Gasteiger charge is -2.30. The zero-order chi connectivity index (χ0) is 31.9. The SMILES string of the molecule is C#C.C#C.C1CCCCC1.COc1ccc(F)c([C@@H]2C[NH2+]CC2C(=O)N2CCCCC2)c1CC(C)OC.c1ccccc1. The maximum Gasteiger partial charge on any atom is 0.232 e. The molecule has 2 aromatic carbocycles. The molecule has 2 N–H and O–H groups in total. The number of ether oxygens (including phenoxy) is 2. The maximum atomic E-state index is 15.0. The van der Waals surface area contributed by atoms with Crippen LogP contribution in [0.15, 0.2) is 48.5 Å². The summed E-state index contributed by atoms with van der Waals surface area (Å²) in [6.45, 7) is 5.07. The predicted octanol–water partition coefficient (Wildman–Crippen LogP) is 6.23. The van der Waals surface area contributed by atoms with Gasteiger partial charge in [0, 0.05) is 37.7 Å². The van der Waals surface area contributed by atoms with Gasteiger partial charge in [0.1, 0.15) is 11.6 Å². The second-order valence-corrected chi connectivity index (χ2v) is 11.0. The fraction of sp³-hybridized carbons (Fsp3) is 0.541. The summed E-state index contributed by atoms with van der Waals surface area (Å²) in [5, 5.41) is 2.14. The van der Waals surface area contributed by atoms with Gasteiger partial charge in [0.15, 0.2) is 0 Å². The van der Waals surface area contributed by atoms with E-state index in [0.29, 0.717) is 17.7 Å². The number of hydrogen-bond acceptors (Lipinski definition) is 3. The van der Waals surface area contributed by atoms with E-state index in [2.05, 4.69) is 31.0 Å². The molecule has 2 unspecified atom stereocenters. The van der Waals surface area contributed by atoms with Crippen molar-refractivity contribution in [2.75, 3.05) is 40.4 Å². The highest BCUT2D eigenvalue weighted by Gasteiger charge is 2.42. The van der Waals surface area contributed by atoms with Crippen LogP contribution in [0.1, 0.15) is 81.8 Å². The third kappa shape index (κ3) is 12.8. The summed E-state index contributed by atoms with van der Waals surface area (Å²) in [5.41, 5.74) is 1.48. The molecule has 2 heterocycles. The number of benzene rings is 2. The molecule has 5 rings (SSSR count). The van der Waals surface area contributed by atoms with Crippen molar-refractivity contribution in [2.45, 2.75) is 83.2 Å². The van der Waals surface area contributed by atoms with Gasteiger partial charge >= 0.3 is 0 Å². The first kappa shape index (κ1) is 37.7. The van der Waals surface area contributed by atoms with Gasteiger partial charge in [-0.25, -0.2) is 4.39 Å². The highest BCUT2D eigenvalue weighted by molar-refractivity contribution is 5.80. The Balaban J connectivity index is 0.000000470. The van der Waals surface area contributed by atoms with Crippen molar-refractivity contribution in [3.8, 4) is 31.4 Å². The minimum absolute atomic E-state index is 0.0546. The molecule has 1 saturated carbocycles. The molecule has 0 aromatic heterocycles. The van der Waals surface area contributed by atoms with E-state index in [-0.39, 0.29) is 29.7 Å². The Morgan fingerprint density at radius 2 is 1.35 bits per heavy atom. The zero-order valence-electron chi connectivity index (χ0n) is 26.7. The molecule has 6 heteroatoms. The number of quaternary nitrogens is 1. The summed E-state index contributed by atoms with van der Waals surface area (Å²) >= 11 is 0. The van der Waals surface area contributed by atoms with Crippen LogP contribution in [0.2, 0.25) is 0 Å². The Bertz CT molecular complexity index is 1000. The van der Waals surface area contributed by atoms with Crippen LogP contribution in [0.5, 0.6) is 5.75 Å². The van der Waals surface area contributed by atoms with E-state index in [9.17, 15) is 4.79 Å². The number of nitrogens with zero attached hydrogens (tertiary/aromatic N) is 1. The summed E-state index contributed by atoms with van der Waals surface area (Å²) in [7, 11) is 3.26. The Labute approximate surface area is 260 Å². The number of hydrogen-bond donors (Lipinski definition) is 1. The number of halogens is 1. The average Bonchev–Trinajstić information content (AvgIpc) is 3.58. The van der Waals surface area contributed by atoms with E-state index in [0.717, 1.165) is 44.6 Å². The van der Waals surface area contributed by atoms with E-state index in [4.69, 9.17) is 9.47 Å². The molecule has 0 bridgehead atoms. The van der Waals surface area contributed by atoms with Crippen LogP contribution in [-0.4, -0.2) is 57.3 Å². The first-order valence-corrected chi connectivity index (χ1v) is 15.7. The minimum Gasteiger partial charge on any atom is -0.496 e. The molecular weight excluding hydrogens is 539 g/mol. The number of terminal acetylenes is 2. The largest absolute Gasteiger partial charge is 0.496 e. The van der Waals surface area contributed by atoms with Crippen LogP contribution in [-0.2, 0) is 16.0 Å². The van der Waals surface area contributed by atoms with Crippen LogP contribution in [0.25, 0.3) is 0 Å². The smallest absolute Gasteiger partial charge is 0.232 e. The average molecular weight is 594 g/mol. The number of methoxy groups -OCH3 is 2. The van der Waals surface area contributed by atoms with Crippen LogP contribution in [0.4, 0.5) is 4.39 Å². The molecule has 0 spiro atoms. The summed E-state index contributed by atoms with van der Waals surface area (Å²) in [6, 6.07) is 15.1. The summed E-state index contributed by atoms with van der Waals surface area (Å²) < 4.78 is 26.0. The van der Waals surface area contributed by atoms with Crippen LogP contribution in [0.3, 0.4) is 0 Å². The van der Waals surface area contributed by atoms with Gasteiger partial charge in [-0.05, 0) is 38.3 Å². The highest BCUT2D eigenvalue weighted by Crippen LogP contribution is 2.37. The zero-order valence-corrected chi connectivity index (χ0v) is 26.7. The molecule has 1 amide bonds. The monoisotopic (exact) mass is 593 g/mol. The summed E-state index contributed by atoms with van der Waals surface area (Å²) in [6.07, 6.45) is 28.8. The summed E-state index contributed by atoms with van der Waals surface area (Å²) in [5.74, 6) is 0.300. The van der Waals surface area contributed by atoms with E-state index in [1.165, 1.54) is 51.0 Å². The lowest BCUT2D eigenvalue weighted by Crippen LogP contribution is -2.81. The molecule has 0 radical (unpaired) electrons. The van der Waals surface area contributed by atoms with Gasteiger partial charge in [0.25, 0.3) is 0 Å². The van der Waals surface area contributed by atoms with E-state index in [1.807, 2.05) is 48.2 Å². The van der Waals surface area contributed by atoms with Crippen LogP contribution in [0, 0.1) is 37.4 Å². The molecule has 5 nitrogen and oxygen atoms in total. The number of rotatable bonds is 6. The number of likely N-dealkylation sites (tertiary alicyclic amines) is 1. The molecule has 3 aliphatic rings. The van der Waals surface area contributed by atoms with Gasteiger partial charge < -0.3 is 19.7 Å². The molecular formula is C37H54FN2O3+. The Kier molecular flexibility index (Phi) is 20.3. The normalized spacial score (nSPS) is 19.7. The molecule has 43 heavy (non-hydrogen) atoms. The van der Waals surface area contributed by atoms with Crippen molar-refractivity contribution in [2.24, 2.45) is 5.92 Å². The van der Waals surface area contributed by atoms with E-state index >= 15 is 4.39 Å². The molecule has 2 saturated heterocycles. The van der Waals surface area contributed by atoms with E-state index < -0.39 is 0 Å². The third-order valence-electron chi connectivity index (χ3n) is 8.22. The van der Waals surface area contributed by atoms with Crippen molar-refractivity contribution < 1.29 is 24.0 Å². The van der Waals surface area contributed by atoms with E-state index in [1.54, 1.807) is 20.3 Å². The molecule has 2 aliphatic heterocycles. The lowest BCUT2D eigenvalue weighted by atomic mass is 9.83. The van der Waals surface area contributed by atoms with Crippen molar-refractivity contribution in [1.29, 1.82) is 0 Å². The van der Waals surface area contributed by atoms with Crippen LogP contribution >= 0.6 is 0 Å². The highest BCUT2D eigenvalue weighted by atomic mass is 19.1. The predicted molar refractivity (Wildman–Crippen MR) is 175 cm³/mol. The number of amides is 1. The quantitative estimate of drug-likeness (QED) is 0.404. The molecule has 1 aliphatic carbocycles. The molecule has 3 fully saturated rings. The standard InChI is InChI=1S/C21H31FN2O3.C6H12.C6H6.2C2H2/c1-14(26-2)11-15-19(27-3)8-7-18(22)20(15)16-12-23-13-17(16)21(25)24-9-5-4-6-10-24;2*1-2-4-6-5-3-1;2*1-2/h7-8,14,16-17,23H,4-6,9-13H2,1-3H3;1-6H2;1-6H;2*1-2H/p+1/t14?,16-,17?;;;;/m1..../s1. The minimum atomic E-state index is -0.245. The van der Waals surface area contributed by atoms with Crippen molar-refractivity contribution in [1.82, 2.24) is 4.90 Å². The van der Waals surface area contributed by atoms with Gasteiger partial charge in [-0.2, -0.15) is 0 Å². The fourth-order valence-corrected chi connectivity index (χ4v) is 5.96. The van der Waals surface area contributed by atoms with Crippen molar-refractivity contribution in [3.05, 3.63) is 65.5 Å². The second kappa shape index (κ2) is 23.2. The molecule has 3 atom stereocenters. The van der Waals surface area contributed by atoms with Gasteiger partial charge in [-0.1, -0.05) is 74.9 Å². The fourth-order valence-electron chi connectivity index (χ4n) is 5.96. The molecule has 2 aromatic rings. The summed E-state index contributed by atoms with van der Waals surface area (Å²) in [4.78, 5) is 15.1. The number of piperidine rings is 1. The maximum absolute atomic E-state index is 15.0. The number of carbonyl (C=O) groups is 1. The Hall–Kier alpha value is -3.32. The van der Waals surface area contributed by atoms with Crippen molar-refractivity contribution >= 4 is 5.91 Å². The lowest BCUT2D eigenvalue weighted by molar-refractivity contribution is -0.638. The number of carbonyl (C=O) groups excluding carboxylic acids is 1. The first-order valence-electron chi connectivity index (χ1n) is 15.7. The van der Waals surface area contributed by atoms with Crippen LogP contribution < -0.4 is 10.1 Å². The Morgan fingerprint density at radius 3 is 1.81 bits per heavy atom. The molecule has 236 valence electrons.